The van der Waals surface area contributed by atoms with Crippen LogP contribution in [0.3, 0.4) is 0 Å². The summed E-state index contributed by atoms with van der Waals surface area (Å²) in [6.45, 7) is 40.3. The first kappa shape index (κ1) is 157. The molecule has 1 nitrogen and oxygen atoms in total. The molecule has 0 aromatic carbocycles. The van der Waals surface area contributed by atoms with Crippen molar-refractivity contribution in [1.29, 1.82) is 0 Å². The molecular formula is C140H294OS2. The highest BCUT2D eigenvalue weighted by atomic mass is 32.1. The number of thiol groups is 2. The Bertz CT molecular complexity index is 1910. The van der Waals surface area contributed by atoms with Gasteiger partial charge in [-0.05, 0) is 73.4 Å². The molecule has 0 aromatic rings. The molecule has 0 amide bonds. The average molecular weight is 2060 g/mol. The predicted octanol–water partition coefficient (Wildman–Crippen LogP) is 55.8. The summed E-state index contributed by atoms with van der Waals surface area (Å²) >= 11 is 6.77. The molecule has 2 unspecified atom stereocenters. The van der Waals surface area contributed by atoms with Crippen LogP contribution in [-0.2, 0) is 0 Å². The minimum Gasteiger partial charge on any atom is -0.333 e. The lowest BCUT2D eigenvalue weighted by molar-refractivity contribution is 0.273. The predicted molar refractivity (Wildman–Crippen MR) is 679 cm³/mol. The second-order valence-corrected chi connectivity index (χ2v) is 49.9. The molecule has 0 fully saturated rings. The van der Waals surface area contributed by atoms with Crippen molar-refractivity contribution >= 4 is 25.5 Å². The van der Waals surface area contributed by atoms with Crippen LogP contribution in [0.1, 0.15) is 875 Å². The zero-order valence-electron chi connectivity index (χ0n) is 105. The highest BCUT2D eigenvalue weighted by molar-refractivity contribution is 7.80. The summed E-state index contributed by atoms with van der Waals surface area (Å²) in [6.07, 6.45) is 172. The van der Waals surface area contributed by atoms with Crippen LogP contribution in [0.25, 0.3) is 0 Å². The Morgan fingerprint density at radius 1 is 0.126 bits per heavy atom. The highest BCUT2D eigenvalue weighted by Crippen LogP contribution is 2.34. The maximum Gasteiger partial charge on any atom is -0.00979 e. The van der Waals surface area contributed by atoms with Crippen molar-refractivity contribution in [3.8, 4) is 0 Å². The number of unbranched alkanes of at least 4 members (excludes halogenated alkanes) is 100. The second-order valence-electron chi connectivity index (χ2n) is 49.4. The molecular weight excluding hydrogens is 1760 g/mol. The largest absolute Gasteiger partial charge is 0.333 e. The third-order valence-electron chi connectivity index (χ3n) is 32.5. The normalized spacial score (nSPS) is 11.8. The molecule has 0 aromatic heterocycles. The lowest BCUT2D eigenvalue weighted by Crippen LogP contribution is -2.11. The molecule has 0 heterocycles. The van der Waals surface area contributed by atoms with E-state index in [9.17, 15) is 0 Å². The van der Waals surface area contributed by atoms with Gasteiger partial charge in [0.1, 0.15) is 0 Å². The van der Waals surface area contributed by atoms with Gasteiger partial charge < -0.3 is 4.55 Å². The van der Waals surface area contributed by atoms with Gasteiger partial charge in [-0.25, -0.2) is 0 Å². The summed E-state index contributed by atoms with van der Waals surface area (Å²) in [6, 6.07) is 0. The molecule has 0 spiro atoms. The van der Waals surface area contributed by atoms with E-state index in [0.29, 0.717) is 10.8 Å². The Kier molecular flexibility index (Phi) is 165. The molecule has 0 aliphatic rings. The van der Waals surface area contributed by atoms with Gasteiger partial charge in [-0.3, -0.25) is 0 Å². The van der Waals surface area contributed by atoms with Crippen molar-refractivity contribution in [3.05, 3.63) is 0 Å². The Balaban J connectivity index is -0.000000316. The molecule has 3 heteroatoms. The van der Waals surface area contributed by atoms with Gasteiger partial charge in [-0.2, -0.15) is 12.6 Å². The lowest BCUT2D eigenvalue weighted by Gasteiger charge is -2.25. The molecule has 0 bridgehead atoms. The zero-order chi connectivity index (χ0) is 106. The maximum atomic E-state index is 6.69. The van der Waals surface area contributed by atoms with Crippen molar-refractivity contribution in [2.24, 2.45) is 22.7 Å². The Morgan fingerprint density at radius 2 is 0.210 bits per heavy atom. The molecule has 0 rings (SSSR count). The van der Waals surface area contributed by atoms with Crippen LogP contribution in [0.2, 0.25) is 0 Å². The number of hydrogen-bond donors (Lipinski definition) is 3. The van der Waals surface area contributed by atoms with Gasteiger partial charge in [-0.15, -0.1) is 0 Å². The first-order valence-corrected chi connectivity index (χ1v) is 70.0. The van der Waals surface area contributed by atoms with E-state index in [1.165, 1.54) is 758 Å². The van der Waals surface area contributed by atoms with Crippen LogP contribution >= 0.6 is 25.5 Å². The van der Waals surface area contributed by atoms with Crippen molar-refractivity contribution < 1.29 is 4.55 Å². The van der Waals surface area contributed by atoms with Gasteiger partial charge in [-0.1, -0.05) is 843 Å². The van der Waals surface area contributed by atoms with Crippen LogP contribution in [-0.4, -0.2) is 10.3 Å². The van der Waals surface area contributed by atoms with E-state index in [0.717, 1.165) is 17.6 Å². The standard InChI is InChI=1S/C34H70.C32H66.C21H44.C18H38S.C18H38.C17H36.H2OS/c1-6-8-10-12-14-16-18-19-21-23-25-27-31-34(4,5)32-28-30-33(3)29-26-24-22-20-17-15-13-11-9-7-2;1-4-6-8-10-12-14-16-17-18-19-20-21-23-25-27-29-31-32(3)30-28-26-24-22-15-13-11-9-7-5-2;1-5-7-9-11-13-14-16-18-20-21(3,4)19-17-15-12-10-8-6-2;1-2-3-4-5-6-7-8-9-10-11-12-13-14-15-16-17-18-19;1-3-5-7-9-11-13-15-17-18-16-14-12-10-8-6-4-2;1-3-5-7-9-11-13-15-17-16-14-12-10-8-6-4-2;1-2/h33H,6-32H2,1-5H3;32H,4-31H2,1-3H3;5-20H2,1-4H3;19H,2-18H2,1H3;3-18H2,1-2H3;3-17H2,1-2H3;1-2H. The number of hydrogen-bond acceptors (Lipinski definition) is 3. The molecule has 0 aliphatic carbocycles. The summed E-state index contributed by atoms with van der Waals surface area (Å²) in [5, 5.41) is 0. The van der Waals surface area contributed by atoms with Crippen molar-refractivity contribution in [1.82, 2.24) is 0 Å². The van der Waals surface area contributed by atoms with Crippen LogP contribution in [0.5, 0.6) is 0 Å². The van der Waals surface area contributed by atoms with E-state index in [1.807, 2.05) is 0 Å². The third kappa shape index (κ3) is 168. The maximum absolute atomic E-state index is 6.69. The Hall–Kier alpha value is 0.660. The minimum absolute atomic E-state index is 0.565. The molecule has 2 atom stereocenters. The average Bonchev–Trinajstić information content (AvgIpc) is 0.940. The fraction of sp³-hybridized carbons (Fsp3) is 1.00. The van der Waals surface area contributed by atoms with Gasteiger partial charge in [0.25, 0.3) is 0 Å². The molecule has 0 aliphatic heterocycles. The van der Waals surface area contributed by atoms with Gasteiger partial charge >= 0.3 is 0 Å². The lowest BCUT2D eigenvalue weighted by atomic mass is 9.81. The summed E-state index contributed by atoms with van der Waals surface area (Å²) < 4.78 is 6.69. The smallest absolute Gasteiger partial charge is 0.00979 e. The van der Waals surface area contributed by atoms with Crippen molar-refractivity contribution in [2.75, 3.05) is 5.75 Å². The monoisotopic (exact) mass is 2060 g/mol. The van der Waals surface area contributed by atoms with Gasteiger partial charge in [0, 0.05) is 0 Å². The molecule has 143 heavy (non-hydrogen) atoms. The molecule has 1 N–H and O–H groups in total. The molecule has 872 valence electrons. The van der Waals surface area contributed by atoms with Crippen LogP contribution in [0, 0.1) is 22.7 Å². The van der Waals surface area contributed by atoms with E-state index >= 15 is 0 Å². The van der Waals surface area contributed by atoms with Gasteiger partial charge in [0.15, 0.2) is 0 Å². The summed E-state index contributed by atoms with van der Waals surface area (Å²) in [5.41, 5.74) is 1.16. The zero-order valence-corrected chi connectivity index (χ0v) is 106. The van der Waals surface area contributed by atoms with Crippen molar-refractivity contribution in [3.63, 3.8) is 0 Å². The van der Waals surface area contributed by atoms with Crippen LogP contribution in [0.4, 0.5) is 0 Å². The minimum atomic E-state index is 0.565. The summed E-state index contributed by atoms with van der Waals surface area (Å²) in [5.74, 6) is 2.98. The fourth-order valence-electron chi connectivity index (χ4n) is 21.8. The quantitative estimate of drug-likeness (QED) is 0.0315. The first-order valence-electron chi connectivity index (χ1n) is 69.0. The van der Waals surface area contributed by atoms with Gasteiger partial charge in [0.2, 0.25) is 0 Å². The fourth-order valence-corrected chi connectivity index (χ4v) is 22.0. The van der Waals surface area contributed by atoms with Crippen LogP contribution in [0.15, 0.2) is 0 Å². The van der Waals surface area contributed by atoms with E-state index < -0.39 is 0 Å². The molecule has 0 saturated carbocycles. The van der Waals surface area contributed by atoms with E-state index in [4.69, 9.17) is 4.55 Å². The van der Waals surface area contributed by atoms with Gasteiger partial charge in [0.05, 0.1) is 0 Å². The number of rotatable bonds is 117. The Morgan fingerprint density at radius 3 is 0.322 bits per heavy atom. The summed E-state index contributed by atoms with van der Waals surface area (Å²) in [7, 11) is 0. The van der Waals surface area contributed by atoms with Crippen LogP contribution < -0.4 is 0 Å². The first-order chi connectivity index (χ1) is 70.2. The Labute approximate surface area is 927 Å². The van der Waals surface area contributed by atoms with Crippen molar-refractivity contribution in [2.45, 2.75) is 875 Å². The highest BCUT2D eigenvalue weighted by Gasteiger charge is 2.19. The topological polar surface area (TPSA) is 20.2 Å². The molecule has 0 radical (unpaired) electrons. The summed E-state index contributed by atoms with van der Waals surface area (Å²) in [4.78, 5) is 0. The van der Waals surface area contributed by atoms with E-state index in [2.05, 4.69) is 143 Å². The third-order valence-corrected chi connectivity index (χ3v) is 32.8. The second kappa shape index (κ2) is 151. The molecule has 0 saturated heterocycles. The SMILES string of the molecule is CCCCCCCCCCC(C)(C)CCCCCCCC.CCCCCCCCCCCCCCC(C)(C)CCCC(C)CCCCCCCCCCCC.CCCCCCCCCCCCCCCCC.CCCCCCCCCCCCCCCCCC.CCCCCCCCCCCCCCCCCCC(C)CCCCCCCCCCCC.CCCCCCCCCCCCCCCCCCS.OS. The van der Waals surface area contributed by atoms with E-state index in [1.54, 1.807) is 0 Å². The van der Waals surface area contributed by atoms with E-state index in [-0.39, 0.29) is 0 Å².